The van der Waals surface area contributed by atoms with Crippen LogP contribution in [0.25, 0.3) is 0 Å². The van der Waals surface area contributed by atoms with Gasteiger partial charge < -0.3 is 10.2 Å². The first-order valence-electron chi connectivity index (χ1n) is 7.30. The van der Waals surface area contributed by atoms with Gasteiger partial charge in [0.05, 0.1) is 11.7 Å². The van der Waals surface area contributed by atoms with E-state index in [1.54, 1.807) is 19.1 Å². The molecule has 1 aliphatic carbocycles. The van der Waals surface area contributed by atoms with Gasteiger partial charge in [0.25, 0.3) is 0 Å². The molecule has 2 nitrogen and oxygen atoms in total. The highest BCUT2D eigenvalue weighted by molar-refractivity contribution is 5.08. The number of aliphatic hydroxyl groups is 2. The van der Waals surface area contributed by atoms with Crippen LogP contribution in [0.5, 0.6) is 0 Å². The second-order valence-corrected chi connectivity index (χ2v) is 6.00. The molecule has 0 unspecified atom stereocenters. The molecular weight excluding hydrogens is 236 g/mol. The largest absolute Gasteiger partial charge is 0.389 e. The standard InChI is InChI=1S/C17H28O2/c1-14-6-4-7-15(2)9-10-16(18)11-13-17(3,19)12-5-8-14/h7-8,11,13,16,18-19H,4-6,9-10,12H2,1-3H3/b13-11+,14-8+,15-7-/t16-,17-/m1/s1. The van der Waals surface area contributed by atoms with Crippen molar-refractivity contribution in [2.75, 3.05) is 0 Å². The maximum Gasteiger partial charge on any atom is 0.0803 e. The van der Waals surface area contributed by atoms with Crippen molar-refractivity contribution in [1.82, 2.24) is 0 Å². The summed E-state index contributed by atoms with van der Waals surface area (Å²) in [6, 6.07) is 0. The highest BCUT2D eigenvalue weighted by atomic mass is 16.3. The summed E-state index contributed by atoms with van der Waals surface area (Å²) in [6.45, 7) is 6.08. The zero-order valence-electron chi connectivity index (χ0n) is 12.5. The van der Waals surface area contributed by atoms with Crippen LogP contribution >= 0.6 is 0 Å². The summed E-state index contributed by atoms with van der Waals surface area (Å²) in [4.78, 5) is 0. The Labute approximate surface area is 117 Å². The SMILES string of the molecule is C/C1=C/CC/C(C)=C/CC[C@@](C)(O)/C=C/[C@H](O)CC1. The van der Waals surface area contributed by atoms with Gasteiger partial charge in [-0.1, -0.05) is 35.5 Å². The van der Waals surface area contributed by atoms with E-state index in [0.29, 0.717) is 6.42 Å². The Kier molecular flexibility index (Phi) is 6.53. The van der Waals surface area contributed by atoms with E-state index in [-0.39, 0.29) is 0 Å². The predicted molar refractivity (Wildman–Crippen MR) is 81.0 cm³/mol. The third-order valence-electron chi connectivity index (χ3n) is 3.69. The monoisotopic (exact) mass is 264 g/mol. The molecule has 2 N–H and O–H groups in total. The molecule has 0 aromatic carbocycles. The summed E-state index contributed by atoms with van der Waals surface area (Å²) in [5, 5.41) is 20.1. The topological polar surface area (TPSA) is 40.5 Å². The molecule has 0 aromatic heterocycles. The lowest BCUT2D eigenvalue weighted by molar-refractivity contribution is 0.100. The summed E-state index contributed by atoms with van der Waals surface area (Å²) < 4.78 is 0. The van der Waals surface area contributed by atoms with Crippen molar-refractivity contribution in [3.63, 3.8) is 0 Å². The zero-order valence-corrected chi connectivity index (χ0v) is 12.5. The molecule has 0 fully saturated rings. The highest BCUT2D eigenvalue weighted by Crippen LogP contribution is 2.19. The van der Waals surface area contributed by atoms with Crippen LogP contribution in [0.4, 0.5) is 0 Å². The lowest BCUT2D eigenvalue weighted by atomic mass is 9.96. The lowest BCUT2D eigenvalue weighted by Gasteiger charge is -2.19. The minimum Gasteiger partial charge on any atom is -0.389 e. The Hall–Kier alpha value is -0.860. The first-order chi connectivity index (χ1) is 8.89. The maximum absolute atomic E-state index is 10.2. The molecule has 0 saturated carbocycles. The van der Waals surface area contributed by atoms with Crippen molar-refractivity contribution in [1.29, 1.82) is 0 Å². The Balaban J connectivity index is 2.75. The molecule has 0 spiro atoms. The van der Waals surface area contributed by atoms with Gasteiger partial charge in [0.2, 0.25) is 0 Å². The van der Waals surface area contributed by atoms with Crippen LogP contribution in [-0.2, 0) is 0 Å². The fourth-order valence-corrected chi connectivity index (χ4v) is 2.23. The second kappa shape index (κ2) is 7.66. The van der Waals surface area contributed by atoms with E-state index in [2.05, 4.69) is 26.0 Å². The number of allylic oxidation sites excluding steroid dienone is 4. The Morgan fingerprint density at radius 3 is 2.47 bits per heavy atom. The molecule has 108 valence electrons. The van der Waals surface area contributed by atoms with Gasteiger partial charge in [0, 0.05) is 0 Å². The van der Waals surface area contributed by atoms with E-state index in [9.17, 15) is 10.2 Å². The van der Waals surface area contributed by atoms with Crippen molar-refractivity contribution in [2.45, 2.75) is 71.0 Å². The molecule has 1 rings (SSSR count). The van der Waals surface area contributed by atoms with Crippen molar-refractivity contribution in [2.24, 2.45) is 0 Å². The van der Waals surface area contributed by atoms with Crippen LogP contribution in [-0.4, -0.2) is 21.9 Å². The van der Waals surface area contributed by atoms with Gasteiger partial charge in [-0.15, -0.1) is 0 Å². The van der Waals surface area contributed by atoms with Crippen molar-refractivity contribution >= 4 is 0 Å². The van der Waals surface area contributed by atoms with Gasteiger partial charge in [0.15, 0.2) is 0 Å². The Bertz CT molecular complexity index is 361. The molecule has 0 amide bonds. The van der Waals surface area contributed by atoms with E-state index in [1.165, 1.54) is 11.1 Å². The summed E-state index contributed by atoms with van der Waals surface area (Å²) in [7, 11) is 0. The van der Waals surface area contributed by atoms with Crippen LogP contribution in [0.2, 0.25) is 0 Å². The maximum atomic E-state index is 10.2. The minimum absolute atomic E-state index is 0.463. The van der Waals surface area contributed by atoms with Gasteiger partial charge >= 0.3 is 0 Å². The van der Waals surface area contributed by atoms with Crippen LogP contribution in [0.15, 0.2) is 35.5 Å². The average molecular weight is 264 g/mol. The van der Waals surface area contributed by atoms with E-state index in [0.717, 1.165) is 32.1 Å². The second-order valence-electron chi connectivity index (χ2n) is 6.00. The average Bonchev–Trinajstić information content (AvgIpc) is 2.33. The number of aliphatic hydroxyl groups excluding tert-OH is 1. The van der Waals surface area contributed by atoms with Gasteiger partial charge in [0.1, 0.15) is 0 Å². The Morgan fingerprint density at radius 1 is 1.11 bits per heavy atom. The first-order valence-corrected chi connectivity index (χ1v) is 7.30. The molecule has 0 aliphatic heterocycles. The molecule has 2 atom stereocenters. The van der Waals surface area contributed by atoms with E-state index < -0.39 is 11.7 Å². The van der Waals surface area contributed by atoms with Crippen molar-refractivity contribution in [3.05, 3.63) is 35.5 Å². The summed E-state index contributed by atoms with van der Waals surface area (Å²) in [5.41, 5.74) is 1.90. The smallest absolute Gasteiger partial charge is 0.0803 e. The van der Waals surface area contributed by atoms with Gasteiger partial charge in [-0.25, -0.2) is 0 Å². The number of hydrogen-bond donors (Lipinski definition) is 2. The fourth-order valence-electron chi connectivity index (χ4n) is 2.23. The molecule has 0 bridgehead atoms. The fraction of sp³-hybridized carbons (Fsp3) is 0.647. The molecule has 0 saturated heterocycles. The zero-order chi connectivity index (χ0) is 14.3. The minimum atomic E-state index is -0.827. The molecule has 1 aliphatic rings. The summed E-state index contributed by atoms with van der Waals surface area (Å²) >= 11 is 0. The van der Waals surface area contributed by atoms with Crippen molar-refractivity contribution < 1.29 is 10.2 Å². The van der Waals surface area contributed by atoms with E-state index in [1.807, 2.05) is 0 Å². The quantitative estimate of drug-likeness (QED) is 0.651. The van der Waals surface area contributed by atoms with E-state index >= 15 is 0 Å². The van der Waals surface area contributed by atoms with Crippen LogP contribution < -0.4 is 0 Å². The lowest BCUT2D eigenvalue weighted by Crippen LogP contribution is -2.21. The third-order valence-corrected chi connectivity index (χ3v) is 3.69. The summed E-state index contributed by atoms with van der Waals surface area (Å²) in [6.07, 6.45) is 12.9. The molecular formula is C17H28O2. The molecule has 2 heteroatoms. The van der Waals surface area contributed by atoms with Crippen LogP contribution in [0.1, 0.15) is 59.3 Å². The third kappa shape index (κ3) is 7.34. The van der Waals surface area contributed by atoms with E-state index in [4.69, 9.17) is 0 Å². The number of hydrogen-bond acceptors (Lipinski definition) is 2. The number of rotatable bonds is 0. The van der Waals surface area contributed by atoms with Gasteiger partial charge in [-0.3, -0.25) is 0 Å². The van der Waals surface area contributed by atoms with Crippen LogP contribution in [0, 0.1) is 0 Å². The highest BCUT2D eigenvalue weighted by Gasteiger charge is 2.15. The normalized spacial score (nSPS) is 38.5. The van der Waals surface area contributed by atoms with Crippen LogP contribution in [0.3, 0.4) is 0 Å². The Morgan fingerprint density at radius 2 is 1.74 bits per heavy atom. The molecule has 19 heavy (non-hydrogen) atoms. The first kappa shape index (κ1) is 16.2. The molecule has 0 heterocycles. The molecule has 0 radical (unpaired) electrons. The predicted octanol–water partition coefficient (Wildman–Crippen LogP) is 3.90. The molecule has 0 aromatic rings. The van der Waals surface area contributed by atoms with Crippen molar-refractivity contribution in [3.8, 4) is 0 Å². The summed E-state index contributed by atoms with van der Waals surface area (Å²) in [5.74, 6) is 0. The van der Waals surface area contributed by atoms with Gasteiger partial charge in [-0.2, -0.15) is 0 Å². The van der Waals surface area contributed by atoms with Gasteiger partial charge in [-0.05, 0) is 59.3 Å².